The highest BCUT2D eigenvalue weighted by atomic mass is 16.3. The van der Waals surface area contributed by atoms with Gasteiger partial charge in [0.1, 0.15) is 5.78 Å². The van der Waals surface area contributed by atoms with Gasteiger partial charge in [-0.3, -0.25) is 4.79 Å². The first-order chi connectivity index (χ1) is 14.6. The van der Waals surface area contributed by atoms with Crippen LogP contribution in [0.2, 0.25) is 0 Å². The summed E-state index contributed by atoms with van der Waals surface area (Å²) in [7, 11) is 2.36. The van der Waals surface area contributed by atoms with Crippen LogP contribution in [0.15, 0.2) is 0 Å². The molecule has 3 nitrogen and oxygen atoms in total. The van der Waals surface area contributed by atoms with Crippen LogP contribution in [0.1, 0.15) is 91.9 Å². The second kappa shape index (κ2) is 7.83. The summed E-state index contributed by atoms with van der Waals surface area (Å²) in [6, 6.07) is 0.740. The van der Waals surface area contributed by atoms with Gasteiger partial charge >= 0.3 is 0 Å². The molecule has 4 aliphatic carbocycles. The Bertz CT molecular complexity index is 707. The van der Waals surface area contributed by atoms with E-state index in [0.717, 1.165) is 55.4 Å². The van der Waals surface area contributed by atoms with Crippen molar-refractivity contribution in [2.75, 3.05) is 13.6 Å². The molecule has 0 radical (unpaired) electrons. The summed E-state index contributed by atoms with van der Waals surface area (Å²) in [4.78, 5) is 16.0. The molecule has 11 atom stereocenters. The fourth-order valence-corrected chi connectivity index (χ4v) is 10.3. The van der Waals surface area contributed by atoms with E-state index in [1.807, 2.05) is 0 Å². The van der Waals surface area contributed by atoms with Gasteiger partial charge in [-0.25, -0.2) is 0 Å². The summed E-state index contributed by atoms with van der Waals surface area (Å²) >= 11 is 0. The molecular formula is C28H47NO2. The predicted molar refractivity (Wildman–Crippen MR) is 126 cm³/mol. The summed E-state index contributed by atoms with van der Waals surface area (Å²) in [6.07, 6.45) is 11.4. The van der Waals surface area contributed by atoms with E-state index >= 15 is 0 Å². The van der Waals surface area contributed by atoms with Crippen LogP contribution >= 0.6 is 0 Å². The SMILES string of the molecule is C[C@H]1CC[C@H]([C@@H](C)[C@H]2CC[C@H]3[C@@H]4CC(=O)[C@H]5C[C@@H](O)CC[C@]5(C)[C@H]4CC[C@]23C)N(C)C1. The molecule has 0 aromatic rings. The average Bonchev–Trinajstić information content (AvgIpc) is 3.06. The number of carbonyl (C=O) groups is 1. The maximum absolute atomic E-state index is 13.3. The van der Waals surface area contributed by atoms with Crippen molar-refractivity contribution >= 4 is 5.78 Å². The van der Waals surface area contributed by atoms with Crippen LogP contribution < -0.4 is 0 Å². The molecule has 1 N–H and O–H groups in total. The lowest BCUT2D eigenvalue weighted by molar-refractivity contribution is -0.160. The topological polar surface area (TPSA) is 40.5 Å². The van der Waals surface area contributed by atoms with Gasteiger partial charge in [0.05, 0.1) is 6.10 Å². The molecule has 0 unspecified atom stereocenters. The number of Topliss-reactive ketones (excluding diaryl/α,β-unsaturated/α-hetero) is 1. The zero-order valence-corrected chi connectivity index (χ0v) is 20.8. The smallest absolute Gasteiger partial charge is 0.136 e. The molecule has 1 aliphatic heterocycles. The molecule has 0 aromatic heterocycles. The molecule has 0 spiro atoms. The number of rotatable bonds is 2. The lowest BCUT2D eigenvalue weighted by Gasteiger charge is -2.60. The van der Waals surface area contributed by atoms with Crippen molar-refractivity contribution in [3.05, 3.63) is 0 Å². The quantitative estimate of drug-likeness (QED) is 0.625. The number of hydrogen-bond donors (Lipinski definition) is 1. The zero-order chi connectivity index (χ0) is 22.1. The third-order valence-electron chi connectivity index (χ3n) is 11.9. The molecule has 0 amide bonds. The second-order valence-corrected chi connectivity index (χ2v) is 13.3. The molecular weight excluding hydrogens is 382 g/mol. The maximum Gasteiger partial charge on any atom is 0.136 e. The number of likely N-dealkylation sites (tertiary alicyclic amines) is 1. The first-order valence-corrected chi connectivity index (χ1v) is 13.6. The number of fused-ring (bicyclic) bond motifs is 5. The first-order valence-electron chi connectivity index (χ1n) is 13.6. The standard InChI is InChI=1S/C28H47NO2/c1-17-6-9-25(29(5)16-17)18(2)21-7-8-22-20-15-26(31)24-14-19(30)10-12-28(24,4)23(20)11-13-27(21,22)3/h17-25,30H,6-16H2,1-5H3/t17-,18-,19-,20-,21+,22-,23-,24+,25+,27+,28+/m0/s1. The van der Waals surface area contributed by atoms with Crippen LogP contribution in [-0.4, -0.2) is 41.5 Å². The summed E-state index contributed by atoms with van der Waals surface area (Å²) in [5.41, 5.74) is 0.562. The van der Waals surface area contributed by atoms with Gasteiger partial charge in [0.2, 0.25) is 0 Å². The second-order valence-electron chi connectivity index (χ2n) is 13.3. The van der Waals surface area contributed by atoms with E-state index in [0.29, 0.717) is 23.0 Å². The molecule has 5 rings (SSSR count). The van der Waals surface area contributed by atoms with Gasteiger partial charge in [-0.05, 0) is 111 Å². The minimum absolute atomic E-state index is 0.121. The number of aliphatic hydroxyl groups excluding tert-OH is 1. The van der Waals surface area contributed by atoms with Crippen molar-refractivity contribution in [1.29, 1.82) is 0 Å². The Morgan fingerprint density at radius 2 is 1.71 bits per heavy atom. The van der Waals surface area contributed by atoms with Gasteiger partial charge in [0, 0.05) is 24.9 Å². The number of ketones is 1. The summed E-state index contributed by atoms with van der Waals surface area (Å²) < 4.78 is 0. The van der Waals surface area contributed by atoms with Crippen molar-refractivity contribution in [2.24, 2.45) is 52.3 Å². The van der Waals surface area contributed by atoms with E-state index < -0.39 is 0 Å². The van der Waals surface area contributed by atoms with Gasteiger partial charge in [0.25, 0.3) is 0 Å². The van der Waals surface area contributed by atoms with Crippen molar-refractivity contribution in [1.82, 2.24) is 4.90 Å². The normalized spacial score (nSPS) is 54.1. The number of carbonyl (C=O) groups excluding carboxylic acids is 1. The van der Waals surface area contributed by atoms with E-state index in [1.165, 1.54) is 45.1 Å². The molecule has 5 fully saturated rings. The van der Waals surface area contributed by atoms with Gasteiger partial charge in [-0.1, -0.05) is 27.7 Å². The largest absolute Gasteiger partial charge is 0.393 e. The molecule has 176 valence electrons. The Kier molecular flexibility index (Phi) is 5.65. The average molecular weight is 430 g/mol. The van der Waals surface area contributed by atoms with E-state index in [-0.39, 0.29) is 17.4 Å². The molecule has 5 aliphatic rings. The van der Waals surface area contributed by atoms with Crippen LogP contribution in [0.5, 0.6) is 0 Å². The lowest BCUT2D eigenvalue weighted by Crippen LogP contribution is -2.57. The van der Waals surface area contributed by atoms with Gasteiger partial charge in [-0.15, -0.1) is 0 Å². The summed E-state index contributed by atoms with van der Waals surface area (Å²) in [6.45, 7) is 11.3. The number of nitrogens with zero attached hydrogens (tertiary/aromatic N) is 1. The van der Waals surface area contributed by atoms with Crippen molar-refractivity contribution in [3.8, 4) is 0 Å². The van der Waals surface area contributed by atoms with Crippen molar-refractivity contribution in [2.45, 2.75) is 104 Å². The van der Waals surface area contributed by atoms with E-state index in [1.54, 1.807) is 0 Å². The van der Waals surface area contributed by atoms with Crippen LogP contribution in [0.3, 0.4) is 0 Å². The number of hydrogen-bond acceptors (Lipinski definition) is 3. The van der Waals surface area contributed by atoms with Crippen LogP contribution in [0, 0.1) is 52.3 Å². The Morgan fingerprint density at radius 3 is 2.45 bits per heavy atom. The fraction of sp³-hybridized carbons (Fsp3) is 0.964. The van der Waals surface area contributed by atoms with Crippen LogP contribution in [0.4, 0.5) is 0 Å². The highest BCUT2D eigenvalue weighted by Crippen LogP contribution is 2.68. The summed E-state index contributed by atoms with van der Waals surface area (Å²) in [5.74, 6) is 5.06. The Balaban J connectivity index is 1.37. The molecule has 3 heteroatoms. The predicted octanol–water partition coefficient (Wildman–Crippen LogP) is 5.55. The lowest BCUT2D eigenvalue weighted by atomic mass is 9.44. The van der Waals surface area contributed by atoms with E-state index in [9.17, 15) is 9.90 Å². The Hall–Kier alpha value is -0.410. The van der Waals surface area contributed by atoms with Gasteiger partial charge in [-0.2, -0.15) is 0 Å². The van der Waals surface area contributed by atoms with Crippen molar-refractivity contribution < 1.29 is 9.90 Å². The van der Waals surface area contributed by atoms with E-state index in [4.69, 9.17) is 0 Å². The fourth-order valence-electron chi connectivity index (χ4n) is 10.3. The van der Waals surface area contributed by atoms with E-state index in [2.05, 4.69) is 39.6 Å². The van der Waals surface area contributed by atoms with Gasteiger partial charge in [0.15, 0.2) is 0 Å². The van der Waals surface area contributed by atoms with Crippen LogP contribution in [0.25, 0.3) is 0 Å². The summed E-state index contributed by atoms with van der Waals surface area (Å²) in [5, 5.41) is 10.3. The minimum Gasteiger partial charge on any atom is -0.393 e. The molecule has 4 saturated carbocycles. The molecule has 0 aromatic carbocycles. The number of piperidine rings is 1. The molecule has 1 saturated heterocycles. The molecule has 1 heterocycles. The minimum atomic E-state index is -0.251. The maximum atomic E-state index is 13.3. The highest BCUT2D eigenvalue weighted by Gasteiger charge is 2.62. The van der Waals surface area contributed by atoms with Crippen LogP contribution in [-0.2, 0) is 4.79 Å². The Labute approximate surface area is 190 Å². The van der Waals surface area contributed by atoms with Crippen molar-refractivity contribution in [3.63, 3.8) is 0 Å². The molecule has 0 bridgehead atoms. The van der Waals surface area contributed by atoms with Gasteiger partial charge < -0.3 is 10.0 Å². The highest BCUT2D eigenvalue weighted by molar-refractivity contribution is 5.83. The monoisotopic (exact) mass is 429 g/mol. The Morgan fingerprint density at radius 1 is 1.00 bits per heavy atom. The number of aliphatic hydroxyl groups is 1. The first kappa shape index (κ1) is 22.4. The molecule has 31 heavy (non-hydrogen) atoms. The third-order valence-corrected chi connectivity index (χ3v) is 11.9. The third kappa shape index (κ3) is 3.38. The zero-order valence-electron chi connectivity index (χ0n) is 20.8.